The van der Waals surface area contributed by atoms with E-state index in [1.807, 2.05) is 18.2 Å². The van der Waals surface area contributed by atoms with Crippen molar-refractivity contribution in [2.24, 2.45) is 0 Å². The molecule has 1 fully saturated rings. The van der Waals surface area contributed by atoms with Gasteiger partial charge in [-0.2, -0.15) is 0 Å². The number of rotatable bonds is 6. The fourth-order valence-electron chi connectivity index (χ4n) is 3.01. The highest BCUT2D eigenvalue weighted by Crippen LogP contribution is 2.37. The SMILES string of the molecule is CCOC(=O)CCNC1(c2ccccc2Cl)CCCCC1=O.Cl. The second-order valence-electron chi connectivity index (χ2n) is 5.50. The molecule has 128 valence electrons. The molecule has 1 N–H and O–H groups in total. The van der Waals surface area contributed by atoms with E-state index in [0.717, 1.165) is 18.4 Å². The average molecular weight is 360 g/mol. The lowest BCUT2D eigenvalue weighted by molar-refractivity contribution is -0.143. The molecule has 1 aliphatic carbocycles. The van der Waals surface area contributed by atoms with Crippen molar-refractivity contribution in [3.8, 4) is 0 Å². The minimum atomic E-state index is -0.775. The molecule has 1 aromatic rings. The number of carbonyl (C=O) groups excluding carboxylic acids is 2. The maximum absolute atomic E-state index is 12.6. The van der Waals surface area contributed by atoms with E-state index in [1.54, 1.807) is 13.0 Å². The molecule has 1 saturated carbocycles. The molecule has 0 saturated heterocycles. The molecular weight excluding hydrogens is 337 g/mol. The highest BCUT2D eigenvalue weighted by molar-refractivity contribution is 6.31. The van der Waals surface area contributed by atoms with Crippen LogP contribution in [0.2, 0.25) is 5.02 Å². The van der Waals surface area contributed by atoms with Crippen molar-refractivity contribution in [2.45, 2.75) is 44.6 Å². The third kappa shape index (κ3) is 4.69. The average Bonchev–Trinajstić information content (AvgIpc) is 2.50. The van der Waals surface area contributed by atoms with E-state index >= 15 is 0 Å². The molecule has 0 bridgehead atoms. The smallest absolute Gasteiger partial charge is 0.307 e. The van der Waals surface area contributed by atoms with Crippen molar-refractivity contribution in [1.29, 1.82) is 0 Å². The van der Waals surface area contributed by atoms with Crippen molar-refractivity contribution in [2.75, 3.05) is 13.2 Å². The molecule has 2 rings (SSSR count). The molecular formula is C17H23Cl2NO3. The first-order valence-electron chi connectivity index (χ1n) is 7.79. The van der Waals surface area contributed by atoms with Crippen molar-refractivity contribution in [3.63, 3.8) is 0 Å². The summed E-state index contributed by atoms with van der Waals surface area (Å²) in [5.41, 5.74) is 0.0357. The van der Waals surface area contributed by atoms with Crippen molar-refractivity contribution < 1.29 is 14.3 Å². The molecule has 0 heterocycles. The predicted octanol–water partition coefficient (Wildman–Crippen LogP) is 3.64. The van der Waals surface area contributed by atoms with Crippen LogP contribution in [0, 0.1) is 0 Å². The summed E-state index contributed by atoms with van der Waals surface area (Å²) in [5.74, 6) is -0.108. The number of Topliss-reactive ketones (excluding diaryl/α,β-unsaturated/α-hetero) is 1. The number of esters is 1. The molecule has 0 spiro atoms. The lowest BCUT2D eigenvalue weighted by Crippen LogP contribution is -2.51. The second-order valence-corrected chi connectivity index (χ2v) is 5.90. The zero-order chi connectivity index (χ0) is 16.0. The maximum atomic E-state index is 12.6. The van der Waals surface area contributed by atoms with Crippen LogP contribution >= 0.6 is 24.0 Å². The van der Waals surface area contributed by atoms with E-state index in [9.17, 15) is 9.59 Å². The van der Waals surface area contributed by atoms with Crippen LogP contribution in [0.1, 0.15) is 44.6 Å². The van der Waals surface area contributed by atoms with Crippen molar-refractivity contribution >= 4 is 35.8 Å². The minimum Gasteiger partial charge on any atom is -0.466 e. The summed E-state index contributed by atoms with van der Waals surface area (Å²) in [5, 5.41) is 3.88. The Morgan fingerprint density at radius 2 is 2.09 bits per heavy atom. The van der Waals surface area contributed by atoms with E-state index in [-0.39, 0.29) is 30.6 Å². The van der Waals surface area contributed by atoms with Crippen LogP contribution in [0.5, 0.6) is 0 Å². The summed E-state index contributed by atoms with van der Waals surface area (Å²) in [6.07, 6.45) is 3.36. The van der Waals surface area contributed by atoms with Crippen LogP contribution in [0.3, 0.4) is 0 Å². The van der Waals surface area contributed by atoms with Gasteiger partial charge in [0.2, 0.25) is 0 Å². The Kier molecular flexibility index (Phi) is 8.03. The third-order valence-corrected chi connectivity index (χ3v) is 4.41. The lowest BCUT2D eigenvalue weighted by atomic mass is 9.75. The van der Waals surface area contributed by atoms with Gasteiger partial charge in [-0.15, -0.1) is 12.4 Å². The number of carbonyl (C=O) groups is 2. The molecule has 0 radical (unpaired) electrons. The van der Waals surface area contributed by atoms with Crippen LogP contribution in [0.4, 0.5) is 0 Å². The summed E-state index contributed by atoms with van der Waals surface area (Å²) in [7, 11) is 0. The molecule has 0 amide bonds. The molecule has 1 aliphatic rings. The first-order chi connectivity index (χ1) is 10.6. The zero-order valence-corrected chi connectivity index (χ0v) is 14.8. The van der Waals surface area contributed by atoms with Gasteiger partial charge in [-0.1, -0.05) is 36.2 Å². The topological polar surface area (TPSA) is 55.4 Å². The Labute approximate surface area is 148 Å². The third-order valence-electron chi connectivity index (χ3n) is 4.08. The fourth-order valence-corrected chi connectivity index (χ4v) is 3.31. The van der Waals surface area contributed by atoms with Gasteiger partial charge in [0, 0.05) is 18.0 Å². The van der Waals surface area contributed by atoms with E-state index in [0.29, 0.717) is 31.0 Å². The van der Waals surface area contributed by atoms with Gasteiger partial charge in [0.05, 0.1) is 13.0 Å². The number of benzene rings is 1. The number of ether oxygens (including phenoxy) is 1. The Bertz CT molecular complexity index is 550. The Balaban J connectivity index is 0.00000264. The Morgan fingerprint density at radius 3 is 2.74 bits per heavy atom. The Morgan fingerprint density at radius 1 is 1.35 bits per heavy atom. The van der Waals surface area contributed by atoms with Gasteiger partial charge in [-0.25, -0.2) is 0 Å². The van der Waals surface area contributed by atoms with Crippen LogP contribution in [0.25, 0.3) is 0 Å². The quantitative estimate of drug-likeness (QED) is 0.787. The molecule has 23 heavy (non-hydrogen) atoms. The number of nitrogens with one attached hydrogen (secondary N) is 1. The monoisotopic (exact) mass is 359 g/mol. The summed E-state index contributed by atoms with van der Waals surface area (Å²) >= 11 is 6.32. The second kappa shape index (κ2) is 9.26. The maximum Gasteiger partial charge on any atom is 0.307 e. The van der Waals surface area contributed by atoms with Gasteiger partial charge >= 0.3 is 5.97 Å². The fraction of sp³-hybridized carbons (Fsp3) is 0.529. The van der Waals surface area contributed by atoms with E-state index in [2.05, 4.69) is 5.32 Å². The highest BCUT2D eigenvalue weighted by atomic mass is 35.5. The number of ketones is 1. The van der Waals surface area contributed by atoms with Crippen LogP contribution in [-0.4, -0.2) is 24.9 Å². The standard InChI is InChI=1S/C17H22ClNO3.ClH/c1-2-22-16(21)10-12-19-17(11-6-5-9-15(17)20)13-7-3-4-8-14(13)18;/h3-4,7-8,19H,2,5-6,9-12H2,1H3;1H. The first kappa shape index (κ1) is 19.9. The Hall–Kier alpha value is -1.10. The molecule has 6 heteroatoms. The molecule has 1 atom stereocenters. The van der Waals surface area contributed by atoms with Crippen molar-refractivity contribution in [3.05, 3.63) is 34.9 Å². The summed E-state index contributed by atoms with van der Waals surface area (Å²) in [4.78, 5) is 24.1. The van der Waals surface area contributed by atoms with Gasteiger partial charge in [-0.05, 0) is 31.4 Å². The predicted molar refractivity (Wildman–Crippen MR) is 93.1 cm³/mol. The van der Waals surface area contributed by atoms with E-state index < -0.39 is 5.54 Å². The number of hydrogen-bond acceptors (Lipinski definition) is 4. The van der Waals surface area contributed by atoms with E-state index in [4.69, 9.17) is 16.3 Å². The molecule has 0 aliphatic heterocycles. The lowest BCUT2D eigenvalue weighted by Gasteiger charge is -2.37. The number of hydrogen-bond donors (Lipinski definition) is 1. The summed E-state index contributed by atoms with van der Waals surface area (Å²) in [6.45, 7) is 2.55. The molecule has 0 aromatic heterocycles. The molecule has 4 nitrogen and oxygen atoms in total. The van der Waals surface area contributed by atoms with Crippen LogP contribution < -0.4 is 5.32 Å². The van der Waals surface area contributed by atoms with Gasteiger partial charge in [0.25, 0.3) is 0 Å². The first-order valence-corrected chi connectivity index (χ1v) is 8.17. The van der Waals surface area contributed by atoms with Crippen molar-refractivity contribution in [1.82, 2.24) is 5.32 Å². The minimum absolute atomic E-state index is 0. The normalized spacial score (nSPS) is 20.7. The highest BCUT2D eigenvalue weighted by Gasteiger charge is 2.42. The molecule has 1 aromatic carbocycles. The summed E-state index contributed by atoms with van der Waals surface area (Å²) < 4.78 is 4.93. The van der Waals surface area contributed by atoms with Gasteiger partial charge in [0.1, 0.15) is 5.54 Å². The largest absolute Gasteiger partial charge is 0.466 e. The van der Waals surface area contributed by atoms with E-state index in [1.165, 1.54) is 0 Å². The summed E-state index contributed by atoms with van der Waals surface area (Å²) in [6, 6.07) is 7.43. The zero-order valence-electron chi connectivity index (χ0n) is 13.3. The number of halogens is 2. The van der Waals surface area contributed by atoms with Gasteiger partial charge < -0.3 is 10.1 Å². The van der Waals surface area contributed by atoms with Crippen LogP contribution in [-0.2, 0) is 19.9 Å². The van der Waals surface area contributed by atoms with Crippen LogP contribution in [0.15, 0.2) is 24.3 Å². The van der Waals surface area contributed by atoms with Gasteiger partial charge in [-0.3, -0.25) is 9.59 Å². The molecule has 1 unspecified atom stereocenters. The van der Waals surface area contributed by atoms with Gasteiger partial charge in [0.15, 0.2) is 5.78 Å².